The van der Waals surface area contributed by atoms with E-state index in [4.69, 9.17) is 14.2 Å². The summed E-state index contributed by atoms with van der Waals surface area (Å²) >= 11 is 0. The van der Waals surface area contributed by atoms with Gasteiger partial charge in [-0.25, -0.2) is 0 Å². The Kier molecular flexibility index (Phi) is 8.89. The maximum Gasteiger partial charge on any atom is 0.118 e. The Morgan fingerprint density at radius 1 is 0.773 bits per heavy atom. The van der Waals surface area contributed by atoms with E-state index >= 15 is 0 Å². The molecule has 4 aliphatic carbocycles. The van der Waals surface area contributed by atoms with Crippen LogP contribution in [0.2, 0.25) is 0 Å². The van der Waals surface area contributed by atoms with Gasteiger partial charge in [0.2, 0.25) is 0 Å². The average Bonchev–Trinajstić information content (AvgIpc) is 3.80. The van der Waals surface area contributed by atoms with Gasteiger partial charge in [0.25, 0.3) is 0 Å². The molecule has 8 atom stereocenters. The van der Waals surface area contributed by atoms with Gasteiger partial charge in [-0.15, -0.1) is 0 Å². The smallest absolute Gasteiger partial charge is 0.118 e. The molecule has 44 heavy (non-hydrogen) atoms. The van der Waals surface area contributed by atoms with E-state index in [1.807, 2.05) is 0 Å². The molecule has 6 fully saturated rings. The maximum atomic E-state index is 13.1. The normalized spacial score (nSPS) is 42.6. The number of ether oxygens (including phenoxy) is 3. The van der Waals surface area contributed by atoms with Crippen LogP contribution in [0.5, 0.6) is 5.75 Å². The second-order valence-electron chi connectivity index (χ2n) is 16.1. The molecule has 0 aromatic heterocycles. The third kappa shape index (κ3) is 5.18. The number of aliphatic hydroxyl groups is 1. The first-order chi connectivity index (χ1) is 21.3. The van der Waals surface area contributed by atoms with Crippen LogP contribution in [0, 0.1) is 28.6 Å². The van der Waals surface area contributed by atoms with Crippen LogP contribution in [0.4, 0.5) is 0 Å². The van der Waals surface area contributed by atoms with Crippen molar-refractivity contribution in [2.45, 2.75) is 115 Å². The van der Waals surface area contributed by atoms with Crippen LogP contribution >= 0.6 is 0 Å². The highest BCUT2D eigenvalue weighted by Gasteiger charge is 2.72. The van der Waals surface area contributed by atoms with Gasteiger partial charge in [0.05, 0.1) is 32.0 Å². The summed E-state index contributed by atoms with van der Waals surface area (Å²) in [5.74, 6) is 2.52. The lowest BCUT2D eigenvalue weighted by Crippen LogP contribution is -2.65. The van der Waals surface area contributed by atoms with Gasteiger partial charge in [-0.3, -0.25) is 0 Å². The molecule has 1 aromatic rings. The van der Waals surface area contributed by atoms with Gasteiger partial charge in [-0.2, -0.15) is 0 Å². The zero-order valence-corrected chi connectivity index (χ0v) is 28.0. The quantitative estimate of drug-likeness (QED) is 0.321. The molecular formula is C38H60N2O4. The fourth-order valence-corrected chi connectivity index (χ4v) is 11.7. The van der Waals surface area contributed by atoms with Gasteiger partial charge in [0.15, 0.2) is 0 Å². The van der Waals surface area contributed by atoms with Crippen molar-refractivity contribution in [2.24, 2.45) is 28.6 Å². The summed E-state index contributed by atoms with van der Waals surface area (Å²) in [6.45, 7) is 13.6. The summed E-state index contributed by atoms with van der Waals surface area (Å²) in [5, 5.41) is 13.1. The first kappa shape index (κ1) is 31.4. The zero-order chi connectivity index (χ0) is 30.4. The number of hydrogen-bond acceptors (Lipinski definition) is 6. The van der Waals surface area contributed by atoms with Crippen LogP contribution in [0.25, 0.3) is 0 Å². The lowest BCUT2D eigenvalue weighted by Gasteiger charge is -2.65. The molecule has 2 aliphatic heterocycles. The molecule has 1 N–H and O–H groups in total. The second kappa shape index (κ2) is 12.4. The molecule has 1 aromatic carbocycles. The Balaban J connectivity index is 1.09. The lowest BCUT2D eigenvalue weighted by molar-refractivity contribution is -0.249. The van der Waals surface area contributed by atoms with Crippen LogP contribution in [-0.4, -0.2) is 86.2 Å². The van der Waals surface area contributed by atoms with E-state index in [1.54, 1.807) is 7.11 Å². The Morgan fingerprint density at radius 3 is 2.14 bits per heavy atom. The van der Waals surface area contributed by atoms with Crippen LogP contribution in [-0.2, 0) is 15.1 Å². The molecule has 6 aliphatic rings. The Labute approximate surface area is 267 Å². The minimum absolute atomic E-state index is 0.302. The minimum Gasteiger partial charge on any atom is -0.497 e. The Hall–Kier alpha value is -1.18. The lowest BCUT2D eigenvalue weighted by atomic mass is 9.42. The van der Waals surface area contributed by atoms with Crippen molar-refractivity contribution in [1.29, 1.82) is 0 Å². The van der Waals surface area contributed by atoms with E-state index in [1.165, 1.54) is 89.5 Å². The third-order valence-electron chi connectivity index (χ3n) is 14.4. The van der Waals surface area contributed by atoms with Crippen molar-refractivity contribution >= 4 is 0 Å². The molecule has 4 saturated carbocycles. The fraction of sp³-hybridized carbons (Fsp3) is 0.842. The highest BCUT2D eigenvalue weighted by atomic mass is 16.5. The summed E-state index contributed by atoms with van der Waals surface area (Å²) in [6, 6.07) is 8.62. The summed E-state index contributed by atoms with van der Waals surface area (Å²) in [7, 11) is 1.74. The van der Waals surface area contributed by atoms with Crippen LogP contribution in [0.1, 0.15) is 103 Å². The van der Waals surface area contributed by atoms with E-state index in [0.717, 1.165) is 57.7 Å². The molecule has 3 unspecified atom stereocenters. The SMILES string of the molecule is COc1ccc(C2(OCCN3CCCC3)CC[C@@]3(O)[C@@H]4CCC5CC(OCCN6CCCC6)CC[C@]5(C)[C@@H]4CC[C@]23C)cc1. The number of rotatable bonds is 10. The molecule has 0 radical (unpaired) electrons. The van der Waals surface area contributed by atoms with Crippen LogP contribution in [0.3, 0.4) is 0 Å². The molecule has 0 amide bonds. The average molecular weight is 609 g/mol. The van der Waals surface area contributed by atoms with Gasteiger partial charge in [-0.1, -0.05) is 26.0 Å². The monoisotopic (exact) mass is 608 g/mol. The molecule has 2 saturated heterocycles. The predicted octanol–water partition coefficient (Wildman–Crippen LogP) is 6.64. The predicted molar refractivity (Wildman–Crippen MR) is 175 cm³/mol. The Bertz CT molecular complexity index is 1120. The molecule has 0 spiro atoms. The van der Waals surface area contributed by atoms with Crippen molar-refractivity contribution in [1.82, 2.24) is 9.80 Å². The molecule has 246 valence electrons. The zero-order valence-electron chi connectivity index (χ0n) is 28.0. The largest absolute Gasteiger partial charge is 0.497 e. The van der Waals surface area contributed by atoms with Crippen molar-refractivity contribution < 1.29 is 19.3 Å². The van der Waals surface area contributed by atoms with Crippen LogP contribution < -0.4 is 4.74 Å². The van der Waals surface area contributed by atoms with Crippen molar-refractivity contribution in [2.75, 3.05) is 59.6 Å². The number of fused-ring (bicyclic) bond motifs is 5. The van der Waals surface area contributed by atoms with Gasteiger partial charge in [-0.05, 0) is 151 Å². The van der Waals surface area contributed by atoms with Gasteiger partial charge in [0, 0.05) is 18.5 Å². The minimum atomic E-state index is -0.708. The van der Waals surface area contributed by atoms with Crippen LogP contribution in [0.15, 0.2) is 24.3 Å². The van der Waals surface area contributed by atoms with E-state index < -0.39 is 11.2 Å². The Morgan fingerprint density at radius 2 is 1.45 bits per heavy atom. The molecular weight excluding hydrogens is 548 g/mol. The topological polar surface area (TPSA) is 54.4 Å². The first-order valence-electron chi connectivity index (χ1n) is 18.4. The van der Waals surface area contributed by atoms with E-state index in [9.17, 15) is 5.11 Å². The van der Waals surface area contributed by atoms with E-state index in [0.29, 0.717) is 29.3 Å². The third-order valence-corrected chi connectivity index (χ3v) is 14.4. The van der Waals surface area contributed by atoms with Crippen molar-refractivity contribution in [3.8, 4) is 5.75 Å². The highest BCUT2D eigenvalue weighted by molar-refractivity contribution is 5.37. The molecule has 6 heteroatoms. The van der Waals surface area contributed by atoms with Gasteiger partial charge >= 0.3 is 0 Å². The first-order valence-corrected chi connectivity index (χ1v) is 18.4. The highest BCUT2D eigenvalue weighted by Crippen LogP contribution is 2.72. The number of likely N-dealkylation sites (tertiary alicyclic amines) is 2. The molecule has 6 nitrogen and oxygen atoms in total. The number of hydrogen-bond donors (Lipinski definition) is 1. The van der Waals surface area contributed by atoms with Crippen molar-refractivity contribution in [3.63, 3.8) is 0 Å². The number of methoxy groups -OCH3 is 1. The number of benzene rings is 1. The summed E-state index contributed by atoms with van der Waals surface area (Å²) in [6.07, 6.45) is 15.7. The summed E-state index contributed by atoms with van der Waals surface area (Å²) in [4.78, 5) is 5.12. The fourth-order valence-electron chi connectivity index (χ4n) is 11.7. The van der Waals surface area contributed by atoms with Gasteiger partial charge < -0.3 is 29.1 Å². The molecule has 7 rings (SSSR count). The van der Waals surface area contributed by atoms with E-state index in [2.05, 4.69) is 47.9 Å². The molecule has 0 bridgehead atoms. The summed E-state index contributed by atoms with van der Waals surface area (Å²) in [5.41, 5.74) is 0.0251. The standard InChI is InChI=1S/C38H60N2O4/c1-35-16-14-32(43-26-24-39-20-4-5-21-39)28-30(35)10-13-34-33(35)15-17-36(2)37(34,41)18-19-38(36,29-8-11-31(42-3)12-9-29)44-27-25-40-22-6-7-23-40/h8-9,11-12,30,32-34,41H,4-7,10,13-28H2,1-3H3/t30?,32?,33-,34-,35+,36+,37-,38?/m1/s1. The number of nitrogens with zero attached hydrogens (tertiary/aromatic N) is 2. The second-order valence-corrected chi connectivity index (χ2v) is 16.1. The van der Waals surface area contributed by atoms with Gasteiger partial charge in [0.1, 0.15) is 11.4 Å². The van der Waals surface area contributed by atoms with Crippen molar-refractivity contribution in [3.05, 3.63) is 29.8 Å². The van der Waals surface area contributed by atoms with E-state index in [-0.39, 0.29) is 5.41 Å². The summed E-state index contributed by atoms with van der Waals surface area (Å²) < 4.78 is 19.3. The molecule has 2 heterocycles. The maximum absolute atomic E-state index is 13.1.